The molecule has 5 heteroatoms. The number of nitrogens with one attached hydrogen (secondary N) is 2. The van der Waals surface area contributed by atoms with Crippen molar-refractivity contribution in [3.63, 3.8) is 0 Å². The van der Waals surface area contributed by atoms with Gasteiger partial charge in [-0.2, -0.15) is 0 Å². The van der Waals surface area contributed by atoms with Crippen molar-refractivity contribution in [1.29, 1.82) is 0 Å². The van der Waals surface area contributed by atoms with Crippen LogP contribution < -0.4 is 10.8 Å². The number of hydrogen-bond acceptors (Lipinski definition) is 3. The SMILES string of the molecule is O=C(Nc1ccc(Br)cc1)ONC1=C2CC3CC(C2)CC1C3. The molecule has 0 radical (unpaired) electrons. The van der Waals surface area contributed by atoms with Crippen LogP contribution in [0.1, 0.15) is 32.1 Å². The zero-order chi connectivity index (χ0) is 15.1. The van der Waals surface area contributed by atoms with Crippen LogP contribution in [0, 0.1) is 17.8 Å². The summed E-state index contributed by atoms with van der Waals surface area (Å²) >= 11 is 3.37. The third-order valence-electron chi connectivity index (χ3n) is 5.11. The van der Waals surface area contributed by atoms with Gasteiger partial charge in [-0.05, 0) is 73.8 Å². The molecule has 2 fully saturated rings. The molecule has 1 aromatic rings. The smallest absolute Gasteiger partial charge is 0.324 e. The van der Waals surface area contributed by atoms with Crippen molar-refractivity contribution in [3.05, 3.63) is 40.0 Å². The van der Waals surface area contributed by atoms with Gasteiger partial charge in [0.25, 0.3) is 0 Å². The van der Waals surface area contributed by atoms with Crippen molar-refractivity contribution in [2.75, 3.05) is 5.32 Å². The van der Waals surface area contributed by atoms with Crippen LogP contribution in [0.25, 0.3) is 0 Å². The van der Waals surface area contributed by atoms with Crippen molar-refractivity contribution in [3.8, 4) is 0 Å². The van der Waals surface area contributed by atoms with Crippen LogP contribution in [0.5, 0.6) is 0 Å². The summed E-state index contributed by atoms with van der Waals surface area (Å²) in [5, 5.41) is 2.72. The highest BCUT2D eigenvalue weighted by Crippen LogP contribution is 2.52. The number of benzene rings is 1. The molecule has 0 aromatic heterocycles. The Morgan fingerprint density at radius 1 is 1.09 bits per heavy atom. The number of carbonyl (C=O) groups excluding carboxylic acids is 1. The van der Waals surface area contributed by atoms with Gasteiger partial charge in [0.05, 0.1) is 5.70 Å². The third-order valence-corrected chi connectivity index (χ3v) is 5.63. The average Bonchev–Trinajstić information content (AvgIpc) is 2.48. The Morgan fingerprint density at radius 3 is 2.41 bits per heavy atom. The molecule has 0 saturated heterocycles. The highest BCUT2D eigenvalue weighted by Gasteiger charge is 2.42. The maximum absolute atomic E-state index is 11.9. The van der Waals surface area contributed by atoms with Crippen LogP contribution in [0.15, 0.2) is 40.0 Å². The number of rotatable bonds is 3. The largest absolute Gasteiger partial charge is 0.435 e. The first-order chi connectivity index (χ1) is 10.7. The van der Waals surface area contributed by atoms with Gasteiger partial charge in [-0.15, -0.1) is 0 Å². The molecule has 0 heterocycles. The Balaban J connectivity index is 1.36. The highest BCUT2D eigenvalue weighted by atomic mass is 79.9. The summed E-state index contributed by atoms with van der Waals surface area (Å²) in [6, 6.07) is 7.42. The Labute approximate surface area is 138 Å². The van der Waals surface area contributed by atoms with E-state index in [-0.39, 0.29) is 0 Å². The van der Waals surface area contributed by atoms with Gasteiger partial charge in [0.1, 0.15) is 0 Å². The lowest BCUT2D eigenvalue weighted by molar-refractivity contribution is 0.0831. The normalized spacial score (nSPS) is 28.7. The molecule has 0 spiro atoms. The van der Waals surface area contributed by atoms with E-state index in [1.165, 1.54) is 43.4 Å². The van der Waals surface area contributed by atoms with E-state index >= 15 is 0 Å². The molecule has 22 heavy (non-hydrogen) atoms. The zero-order valence-corrected chi connectivity index (χ0v) is 13.9. The van der Waals surface area contributed by atoms with Crippen LogP contribution in [-0.2, 0) is 4.84 Å². The predicted molar refractivity (Wildman–Crippen MR) is 88.0 cm³/mol. The Kier molecular flexibility index (Phi) is 3.60. The van der Waals surface area contributed by atoms with Crippen LogP contribution in [0.2, 0.25) is 0 Å². The number of halogens is 1. The van der Waals surface area contributed by atoms with Gasteiger partial charge in [-0.3, -0.25) is 5.32 Å². The van der Waals surface area contributed by atoms with Crippen LogP contribution in [-0.4, -0.2) is 6.09 Å². The molecule has 116 valence electrons. The van der Waals surface area contributed by atoms with Crippen LogP contribution in [0.4, 0.5) is 10.5 Å². The Bertz CT molecular complexity index is 610. The molecule has 2 N–H and O–H groups in total. The standard InChI is InChI=1S/C17H19BrN2O2/c18-14-1-3-15(4-2-14)19-17(21)22-20-16-12-6-10-5-11(8-12)9-13(16)7-10/h1-4,10-12,20H,5-9H2,(H,19,21). The van der Waals surface area contributed by atoms with Crippen molar-refractivity contribution >= 4 is 27.7 Å². The molecule has 4 nitrogen and oxygen atoms in total. The summed E-state index contributed by atoms with van der Waals surface area (Å²) in [5.41, 5.74) is 6.34. The number of amides is 1. The fourth-order valence-electron chi connectivity index (χ4n) is 4.36. The van der Waals surface area contributed by atoms with Gasteiger partial charge < -0.3 is 4.84 Å². The summed E-state index contributed by atoms with van der Waals surface area (Å²) in [6.45, 7) is 0. The summed E-state index contributed by atoms with van der Waals surface area (Å²) in [7, 11) is 0. The second kappa shape index (κ2) is 5.61. The predicted octanol–water partition coefficient (Wildman–Crippen LogP) is 4.60. The highest BCUT2D eigenvalue weighted by molar-refractivity contribution is 9.10. The molecule has 4 aliphatic carbocycles. The van der Waals surface area contributed by atoms with Crippen molar-refractivity contribution in [2.24, 2.45) is 17.8 Å². The number of anilines is 1. The van der Waals surface area contributed by atoms with Crippen LogP contribution >= 0.6 is 15.9 Å². The Morgan fingerprint density at radius 2 is 1.77 bits per heavy atom. The zero-order valence-electron chi connectivity index (χ0n) is 12.3. The summed E-state index contributed by atoms with van der Waals surface area (Å²) in [4.78, 5) is 17.1. The molecule has 2 unspecified atom stereocenters. The first-order valence-corrected chi connectivity index (χ1v) is 8.68. The average molecular weight is 363 g/mol. The van der Waals surface area contributed by atoms with Gasteiger partial charge >= 0.3 is 6.09 Å². The van der Waals surface area contributed by atoms with E-state index in [1.54, 1.807) is 0 Å². The number of hydrogen-bond donors (Lipinski definition) is 2. The maximum Gasteiger partial charge on any atom is 0.435 e. The minimum Gasteiger partial charge on any atom is -0.324 e. The molecule has 2 atom stereocenters. The lowest BCUT2D eigenvalue weighted by atomic mass is 9.60. The van der Waals surface area contributed by atoms with Crippen molar-refractivity contribution in [2.45, 2.75) is 32.1 Å². The maximum atomic E-state index is 11.9. The molecular weight excluding hydrogens is 344 g/mol. The minimum atomic E-state index is -0.468. The molecule has 0 aliphatic heterocycles. The van der Waals surface area contributed by atoms with Gasteiger partial charge in [0, 0.05) is 16.1 Å². The minimum absolute atomic E-state index is 0.468. The molecule has 1 amide bonds. The summed E-state index contributed by atoms with van der Waals surface area (Å²) in [6.07, 6.45) is 5.81. The second-order valence-electron chi connectivity index (χ2n) is 6.69. The first kappa shape index (κ1) is 14.1. The number of hydroxylamine groups is 1. The number of allylic oxidation sites excluding steroid dienone is 2. The Hall–Kier alpha value is -1.49. The van der Waals surface area contributed by atoms with Gasteiger partial charge in [0.15, 0.2) is 0 Å². The number of carbonyl (C=O) groups is 1. The van der Waals surface area contributed by atoms with E-state index in [4.69, 9.17) is 4.84 Å². The second-order valence-corrected chi connectivity index (χ2v) is 7.60. The summed E-state index contributed by atoms with van der Waals surface area (Å²) in [5.74, 6) is 2.31. The van der Waals surface area contributed by atoms with E-state index in [2.05, 4.69) is 26.7 Å². The fourth-order valence-corrected chi connectivity index (χ4v) is 4.62. The molecule has 1 aromatic carbocycles. The van der Waals surface area contributed by atoms with E-state index in [0.29, 0.717) is 5.92 Å². The third kappa shape index (κ3) is 2.74. The summed E-state index contributed by atoms with van der Waals surface area (Å²) < 4.78 is 0.977. The van der Waals surface area contributed by atoms with Gasteiger partial charge in [-0.25, -0.2) is 10.3 Å². The lowest BCUT2D eigenvalue weighted by Gasteiger charge is -2.47. The van der Waals surface area contributed by atoms with Crippen molar-refractivity contribution in [1.82, 2.24) is 5.48 Å². The van der Waals surface area contributed by atoms with Gasteiger partial charge in [0.2, 0.25) is 0 Å². The van der Waals surface area contributed by atoms with Crippen molar-refractivity contribution < 1.29 is 9.63 Å². The fraction of sp³-hybridized carbons (Fsp3) is 0.471. The van der Waals surface area contributed by atoms with Gasteiger partial charge in [-0.1, -0.05) is 15.9 Å². The molecule has 2 saturated carbocycles. The van der Waals surface area contributed by atoms with Crippen LogP contribution in [0.3, 0.4) is 0 Å². The monoisotopic (exact) mass is 362 g/mol. The van der Waals surface area contributed by atoms with E-state index < -0.39 is 6.09 Å². The van der Waals surface area contributed by atoms with E-state index in [0.717, 1.165) is 22.0 Å². The lowest BCUT2D eigenvalue weighted by Crippen LogP contribution is -2.40. The molecule has 5 rings (SSSR count). The molecule has 4 bridgehead atoms. The molecule has 4 aliphatic rings. The van der Waals surface area contributed by atoms with E-state index in [9.17, 15) is 4.79 Å². The topological polar surface area (TPSA) is 50.4 Å². The first-order valence-electron chi connectivity index (χ1n) is 7.88. The van der Waals surface area contributed by atoms with E-state index in [1.807, 2.05) is 24.3 Å². The quantitative estimate of drug-likeness (QED) is 0.772. The molecular formula is C17H19BrN2O2.